The number of hydrogen-bond donors (Lipinski definition) is 1. The minimum atomic E-state index is -5.33. The van der Waals surface area contributed by atoms with E-state index in [9.17, 15) is 30.9 Å². The van der Waals surface area contributed by atoms with E-state index in [2.05, 4.69) is 9.05 Å². The van der Waals surface area contributed by atoms with Crippen molar-refractivity contribution in [2.24, 2.45) is 0 Å². The lowest BCUT2D eigenvalue weighted by atomic mass is 10.7. The summed E-state index contributed by atoms with van der Waals surface area (Å²) in [5.41, 5.74) is 0. The summed E-state index contributed by atoms with van der Waals surface area (Å²) >= 11 is 0. The van der Waals surface area contributed by atoms with Crippen LogP contribution in [0.25, 0.3) is 0 Å². The van der Waals surface area contributed by atoms with Gasteiger partial charge < -0.3 is 17.3 Å². The Bertz CT molecular complexity index is 230. The Balaban J connectivity index is 0. The first-order chi connectivity index (χ1) is 6.41. The van der Waals surface area contributed by atoms with Gasteiger partial charge in [-0.3, -0.25) is 9.05 Å². The van der Waals surface area contributed by atoms with Crippen LogP contribution in [-0.2, 0) is 13.6 Å². The van der Waals surface area contributed by atoms with Gasteiger partial charge in [-0.2, -0.15) is 26.3 Å². The van der Waals surface area contributed by atoms with Crippen molar-refractivity contribution in [2.45, 2.75) is 12.4 Å². The molecule has 0 unspecified atom stereocenters. The van der Waals surface area contributed by atoms with Crippen LogP contribution in [0.15, 0.2) is 0 Å². The van der Waals surface area contributed by atoms with Gasteiger partial charge in [0, 0.05) is 0 Å². The minimum Gasteiger partial charge on any atom is -1.00 e. The Labute approximate surface area is 91.6 Å². The van der Waals surface area contributed by atoms with E-state index in [1.807, 2.05) is 0 Å². The van der Waals surface area contributed by atoms with E-state index < -0.39 is 33.4 Å². The molecule has 16 heavy (non-hydrogen) atoms. The molecular weight excluding hydrogens is 292 g/mol. The third-order valence-corrected chi connectivity index (χ3v) is 1.69. The lowest BCUT2D eigenvalue weighted by molar-refractivity contribution is -0.169. The zero-order chi connectivity index (χ0) is 12.3. The van der Waals surface area contributed by atoms with Crippen LogP contribution >= 0.6 is 7.82 Å². The van der Waals surface area contributed by atoms with E-state index in [0.717, 1.165) is 0 Å². The maximum absolute atomic E-state index is 11.4. The smallest absolute Gasteiger partial charge is 0.472 e. The van der Waals surface area contributed by atoms with Crippen LogP contribution in [0.3, 0.4) is 0 Å². The van der Waals surface area contributed by atoms with Crippen LogP contribution in [0.5, 0.6) is 0 Å². The van der Waals surface area contributed by atoms with Gasteiger partial charge in [-0.1, -0.05) is 0 Å². The molecule has 0 rings (SSSR count). The number of rotatable bonds is 4. The summed E-state index contributed by atoms with van der Waals surface area (Å²) in [5.74, 6) is 0. The predicted molar refractivity (Wildman–Crippen MR) is 33.8 cm³/mol. The summed E-state index contributed by atoms with van der Waals surface area (Å²) in [6, 6.07) is 0. The quantitative estimate of drug-likeness (QED) is 0.548. The van der Waals surface area contributed by atoms with E-state index in [0.29, 0.717) is 0 Å². The normalized spacial score (nSPS) is 13.4. The van der Waals surface area contributed by atoms with E-state index >= 15 is 0 Å². The summed E-state index contributed by atoms with van der Waals surface area (Å²) in [6.45, 7) is -4.34. The van der Waals surface area contributed by atoms with E-state index in [4.69, 9.17) is 4.89 Å². The van der Waals surface area contributed by atoms with E-state index in [1.165, 1.54) is 0 Å². The zero-order valence-corrected chi connectivity index (χ0v) is 8.83. The Morgan fingerprint density at radius 1 is 0.938 bits per heavy atom. The van der Waals surface area contributed by atoms with Gasteiger partial charge in [0.2, 0.25) is 0 Å². The fourth-order valence-electron chi connectivity index (χ4n) is 0.347. The molecule has 0 atom stereocenters. The van der Waals surface area contributed by atoms with Gasteiger partial charge in [0.25, 0.3) is 0 Å². The van der Waals surface area contributed by atoms with Crippen molar-refractivity contribution in [3.05, 3.63) is 0 Å². The molecule has 0 aliphatic rings. The zero-order valence-electron chi connectivity index (χ0n) is 7.18. The average Bonchev–Trinajstić information content (AvgIpc) is 1.96. The topological polar surface area (TPSA) is 55.8 Å². The summed E-state index contributed by atoms with van der Waals surface area (Å²) in [6.07, 6.45) is -9.86. The number of phosphoric ester groups is 1. The second-order valence-electron chi connectivity index (χ2n) is 2.25. The lowest BCUT2D eigenvalue weighted by Crippen LogP contribution is -3.00. The monoisotopic (exact) mass is 297 g/mol. The highest BCUT2D eigenvalue weighted by Gasteiger charge is 2.37. The summed E-state index contributed by atoms with van der Waals surface area (Å²) in [5, 5.41) is 0. The molecule has 0 aromatic rings. The molecule has 100 valence electrons. The molecule has 0 aromatic heterocycles. The van der Waals surface area contributed by atoms with E-state index in [-0.39, 0.29) is 12.4 Å². The summed E-state index contributed by atoms with van der Waals surface area (Å²) < 4.78 is 85.5. The number of halogens is 7. The maximum atomic E-state index is 11.4. The Hall–Kier alpha value is -0.0200. The van der Waals surface area contributed by atoms with Crippen LogP contribution in [0.4, 0.5) is 26.3 Å². The third kappa shape index (κ3) is 12.1. The van der Waals surface area contributed by atoms with Crippen LogP contribution < -0.4 is 12.4 Å². The van der Waals surface area contributed by atoms with E-state index in [1.54, 1.807) is 0 Å². The Morgan fingerprint density at radius 2 is 1.19 bits per heavy atom. The van der Waals surface area contributed by atoms with Gasteiger partial charge >= 0.3 is 20.2 Å². The maximum Gasteiger partial charge on any atom is 0.472 e. The molecule has 0 saturated heterocycles. The van der Waals surface area contributed by atoms with Gasteiger partial charge in [0.15, 0.2) is 13.2 Å². The SMILES string of the molecule is O=P(O)(OCC(F)(F)F)OCC(F)(F)F.[Cl-]. The highest BCUT2D eigenvalue weighted by Crippen LogP contribution is 2.45. The van der Waals surface area contributed by atoms with Crippen LogP contribution in [0.2, 0.25) is 0 Å². The van der Waals surface area contributed by atoms with Crippen molar-refractivity contribution in [3.63, 3.8) is 0 Å². The van der Waals surface area contributed by atoms with Crippen LogP contribution in [0.1, 0.15) is 0 Å². The fourth-order valence-corrected chi connectivity index (χ4v) is 1.04. The molecule has 0 aliphatic carbocycles. The molecule has 0 bridgehead atoms. The first kappa shape index (κ1) is 18.3. The first-order valence-corrected chi connectivity index (χ1v) is 4.66. The molecule has 0 amide bonds. The van der Waals surface area contributed by atoms with Crippen molar-refractivity contribution < 1.29 is 57.3 Å². The molecule has 1 N–H and O–H groups in total. The molecule has 0 radical (unpaired) electrons. The second kappa shape index (κ2) is 6.06. The average molecular weight is 297 g/mol. The first-order valence-electron chi connectivity index (χ1n) is 3.17. The number of phosphoric acid groups is 1. The molecule has 0 saturated carbocycles. The fraction of sp³-hybridized carbons (Fsp3) is 1.00. The summed E-state index contributed by atoms with van der Waals surface area (Å²) in [7, 11) is -5.33. The number of hydrogen-bond acceptors (Lipinski definition) is 3. The molecular formula is C4H5ClF6O4P-. The van der Waals surface area contributed by atoms with Gasteiger partial charge in [-0.25, -0.2) is 4.57 Å². The standard InChI is InChI=1S/C4H5F6O4P.ClH/c5-3(6,7)1-13-15(11,12)14-2-4(8,9)10;/h1-2H2,(H,11,12);1H/p-1. The highest BCUT2D eigenvalue weighted by atomic mass is 35.5. The van der Waals surface area contributed by atoms with Gasteiger partial charge in [-0.15, -0.1) is 0 Å². The molecule has 0 fully saturated rings. The van der Waals surface area contributed by atoms with Crippen LogP contribution in [0, 0.1) is 0 Å². The summed E-state index contributed by atoms with van der Waals surface area (Å²) in [4.78, 5) is 8.35. The lowest BCUT2D eigenvalue weighted by Gasteiger charge is -2.14. The van der Waals surface area contributed by atoms with Crippen molar-refractivity contribution >= 4 is 7.82 Å². The molecule has 4 nitrogen and oxygen atoms in total. The molecule has 0 heterocycles. The third-order valence-electron chi connectivity index (χ3n) is 0.783. The van der Waals surface area contributed by atoms with Gasteiger partial charge in [0.1, 0.15) is 0 Å². The van der Waals surface area contributed by atoms with Crippen molar-refractivity contribution in [2.75, 3.05) is 13.2 Å². The Kier molecular flexibility index (Phi) is 6.95. The van der Waals surface area contributed by atoms with Crippen molar-refractivity contribution in [3.8, 4) is 0 Å². The van der Waals surface area contributed by atoms with Crippen molar-refractivity contribution in [1.82, 2.24) is 0 Å². The van der Waals surface area contributed by atoms with Gasteiger partial charge in [-0.05, 0) is 0 Å². The second-order valence-corrected chi connectivity index (χ2v) is 3.70. The molecule has 0 spiro atoms. The highest BCUT2D eigenvalue weighted by molar-refractivity contribution is 7.47. The molecule has 0 aromatic carbocycles. The largest absolute Gasteiger partial charge is 1.00 e. The predicted octanol–water partition coefficient (Wildman–Crippen LogP) is -0.751. The van der Waals surface area contributed by atoms with Crippen LogP contribution in [-0.4, -0.2) is 30.5 Å². The molecule has 0 aliphatic heterocycles. The van der Waals surface area contributed by atoms with Crippen molar-refractivity contribution in [1.29, 1.82) is 0 Å². The molecule has 12 heteroatoms. The number of alkyl halides is 6. The minimum absolute atomic E-state index is 0. The van der Waals surface area contributed by atoms with Gasteiger partial charge in [0.05, 0.1) is 0 Å². The Morgan fingerprint density at radius 3 is 1.38 bits per heavy atom.